The summed E-state index contributed by atoms with van der Waals surface area (Å²) in [6.45, 7) is 6.66. The van der Waals surface area contributed by atoms with Gasteiger partial charge in [0.2, 0.25) is 0 Å². The van der Waals surface area contributed by atoms with E-state index in [0.29, 0.717) is 75.0 Å². The van der Waals surface area contributed by atoms with Crippen molar-refractivity contribution in [3.8, 4) is 23.3 Å². The SMILES string of the molecule is CC(=O)O[C@H]1C[C@@H](O)CC[C@]2(C#C[C@H]3CCC[C@@H]4C[C@H](CCN4)Oc4cc(ccc4O)C[C@@H]13)CNC(N)=NCN1C[C@@H]3C[C@H](C1)[C@@H]1CC[C@]2(O)CN1C3. The Hall–Kier alpha value is -3.08. The zero-order valence-corrected chi connectivity index (χ0v) is 31.3. The zero-order chi connectivity index (χ0) is 36.7. The Morgan fingerprint density at radius 2 is 2.00 bits per heavy atom. The largest absolute Gasteiger partial charge is 0.504 e. The molecule has 13 atom stereocenters. The maximum Gasteiger partial charge on any atom is 0.302 e. The van der Waals surface area contributed by atoms with Crippen molar-refractivity contribution >= 4 is 11.9 Å². The van der Waals surface area contributed by atoms with Gasteiger partial charge in [-0.1, -0.05) is 24.3 Å². The van der Waals surface area contributed by atoms with E-state index in [4.69, 9.17) is 20.2 Å². The van der Waals surface area contributed by atoms with Crippen LogP contribution in [0.3, 0.4) is 0 Å². The summed E-state index contributed by atoms with van der Waals surface area (Å²) < 4.78 is 12.5. The van der Waals surface area contributed by atoms with Crippen molar-refractivity contribution < 1.29 is 29.6 Å². The van der Waals surface area contributed by atoms with Gasteiger partial charge in [-0.2, -0.15) is 0 Å². The topological polar surface area (TPSA) is 165 Å². The lowest BCUT2D eigenvalue weighted by Gasteiger charge is -2.58. The number of esters is 1. The summed E-state index contributed by atoms with van der Waals surface area (Å²) in [7, 11) is 0. The van der Waals surface area contributed by atoms with Crippen LogP contribution in [-0.4, -0.2) is 119 Å². The third kappa shape index (κ3) is 7.88. The molecule has 12 heteroatoms. The van der Waals surface area contributed by atoms with Gasteiger partial charge in [-0.05, 0) is 100 Å². The normalized spacial score (nSPS) is 42.8. The number of piperidine rings is 4. The minimum absolute atomic E-state index is 0.00956. The van der Waals surface area contributed by atoms with Gasteiger partial charge in [0, 0.05) is 70.0 Å². The molecule has 7 heterocycles. The number of carbonyl (C=O) groups is 1. The van der Waals surface area contributed by atoms with Crippen molar-refractivity contribution in [1.29, 1.82) is 0 Å². The Balaban J connectivity index is 1.22. The second-order valence-electron chi connectivity index (χ2n) is 17.6. The molecule has 4 saturated heterocycles. The number of nitrogens with two attached hydrogens (primary N) is 1. The fraction of sp³-hybridized carbons (Fsp3) is 0.756. The average molecular weight is 733 g/mol. The Morgan fingerprint density at radius 1 is 1.11 bits per heavy atom. The molecule has 1 aliphatic carbocycles. The number of ether oxygens (including phenoxy) is 2. The summed E-state index contributed by atoms with van der Waals surface area (Å²) >= 11 is 0. The zero-order valence-electron chi connectivity index (χ0n) is 31.3. The van der Waals surface area contributed by atoms with Gasteiger partial charge in [0.25, 0.3) is 0 Å². The van der Waals surface area contributed by atoms with E-state index in [1.54, 1.807) is 6.07 Å². The van der Waals surface area contributed by atoms with Crippen LogP contribution in [0.5, 0.6) is 11.5 Å². The molecule has 12 nitrogen and oxygen atoms in total. The van der Waals surface area contributed by atoms with Crippen LogP contribution in [0.1, 0.15) is 83.1 Å². The number of aliphatic imine (C=N–C) groups is 1. The van der Waals surface area contributed by atoms with E-state index >= 15 is 0 Å². The van der Waals surface area contributed by atoms with Gasteiger partial charge < -0.3 is 41.2 Å². The summed E-state index contributed by atoms with van der Waals surface area (Å²) in [5, 5.41) is 42.8. The third-order valence-corrected chi connectivity index (χ3v) is 13.9. The number of rotatable bonds is 1. The molecule has 290 valence electrons. The van der Waals surface area contributed by atoms with Gasteiger partial charge in [-0.25, -0.2) is 4.99 Å². The molecule has 1 spiro atoms. The van der Waals surface area contributed by atoms with Gasteiger partial charge in [0.15, 0.2) is 17.5 Å². The van der Waals surface area contributed by atoms with Crippen LogP contribution >= 0.6 is 0 Å². The fourth-order valence-corrected chi connectivity index (χ4v) is 11.2. The molecule has 1 aromatic carbocycles. The van der Waals surface area contributed by atoms with Crippen LogP contribution < -0.4 is 21.1 Å². The van der Waals surface area contributed by atoms with Crippen LogP contribution in [0.25, 0.3) is 0 Å². The molecule has 0 radical (unpaired) electrons. The van der Waals surface area contributed by atoms with Gasteiger partial charge in [0.05, 0.1) is 23.8 Å². The molecular weight excluding hydrogens is 672 g/mol. The number of nitrogens with zero attached hydrogens (tertiary/aromatic N) is 3. The first-order valence-corrected chi connectivity index (χ1v) is 20.4. The van der Waals surface area contributed by atoms with Crippen LogP contribution in [0.4, 0.5) is 0 Å². The first kappa shape index (κ1) is 36.9. The third-order valence-electron chi connectivity index (χ3n) is 13.9. The summed E-state index contributed by atoms with van der Waals surface area (Å²) in [5.74, 6) is 8.78. The van der Waals surface area contributed by atoms with Crippen LogP contribution in [0, 0.1) is 40.9 Å². The molecule has 1 aromatic rings. The maximum atomic E-state index is 13.1. The van der Waals surface area contributed by atoms with E-state index < -0.39 is 23.2 Å². The van der Waals surface area contributed by atoms with Crippen molar-refractivity contribution in [2.24, 2.45) is 39.8 Å². The number of hydrogen-bond acceptors (Lipinski definition) is 12. The second kappa shape index (κ2) is 15.2. The van der Waals surface area contributed by atoms with Crippen molar-refractivity contribution in [2.45, 2.75) is 120 Å². The quantitative estimate of drug-likeness (QED) is 0.186. The molecule has 7 N–H and O–H groups in total. The fourth-order valence-electron chi connectivity index (χ4n) is 11.2. The number of carbonyl (C=O) groups excluding carboxylic acids is 1. The van der Waals surface area contributed by atoms with E-state index in [1.807, 2.05) is 12.1 Å². The number of benzene rings is 1. The Kier molecular flexibility index (Phi) is 10.6. The minimum Gasteiger partial charge on any atom is -0.504 e. The van der Waals surface area contributed by atoms with E-state index in [1.165, 1.54) is 13.3 Å². The number of guanidine groups is 1. The van der Waals surface area contributed by atoms with Crippen molar-refractivity contribution in [2.75, 3.05) is 45.9 Å². The number of aliphatic hydroxyl groups excluding tert-OH is 1. The molecule has 0 saturated carbocycles. The van der Waals surface area contributed by atoms with Crippen molar-refractivity contribution in [3.05, 3.63) is 23.8 Å². The number of phenolic OH excluding ortho intramolecular Hbond substituents is 1. The molecule has 53 heavy (non-hydrogen) atoms. The smallest absolute Gasteiger partial charge is 0.302 e. The highest BCUT2D eigenvalue weighted by Crippen LogP contribution is 2.48. The molecular formula is C41H60N6O6. The number of aromatic hydroxyl groups is 1. The van der Waals surface area contributed by atoms with Gasteiger partial charge in [-0.3, -0.25) is 14.6 Å². The van der Waals surface area contributed by atoms with Crippen molar-refractivity contribution in [3.63, 3.8) is 0 Å². The van der Waals surface area contributed by atoms with E-state index in [0.717, 1.165) is 70.3 Å². The lowest BCUT2D eigenvalue weighted by atomic mass is 9.62. The number of hydrogen-bond donors (Lipinski definition) is 6. The molecule has 0 aromatic heterocycles. The van der Waals surface area contributed by atoms with Crippen LogP contribution in [0.15, 0.2) is 23.2 Å². The van der Waals surface area contributed by atoms with Gasteiger partial charge in [0.1, 0.15) is 12.2 Å². The van der Waals surface area contributed by atoms with E-state index in [9.17, 15) is 20.1 Å². The van der Waals surface area contributed by atoms with Crippen molar-refractivity contribution in [1.82, 2.24) is 20.4 Å². The molecule has 10 bridgehead atoms. The molecule has 7 aliphatic heterocycles. The summed E-state index contributed by atoms with van der Waals surface area (Å²) in [6.07, 6.45) is 7.42. The minimum atomic E-state index is -1.14. The molecule has 8 aliphatic rings. The first-order chi connectivity index (χ1) is 25.5. The molecule has 2 unspecified atom stereocenters. The molecule has 9 rings (SSSR count). The predicted molar refractivity (Wildman–Crippen MR) is 201 cm³/mol. The monoisotopic (exact) mass is 732 g/mol. The van der Waals surface area contributed by atoms with Gasteiger partial charge >= 0.3 is 5.97 Å². The summed E-state index contributed by atoms with van der Waals surface area (Å²) in [4.78, 5) is 22.4. The first-order valence-electron chi connectivity index (χ1n) is 20.4. The van der Waals surface area contributed by atoms with Crippen LogP contribution in [-0.2, 0) is 16.0 Å². The number of nitrogens with one attached hydrogen (secondary N) is 2. The lowest BCUT2D eigenvalue weighted by Crippen LogP contribution is -2.67. The summed E-state index contributed by atoms with van der Waals surface area (Å²) in [5.41, 5.74) is 5.46. The lowest BCUT2D eigenvalue weighted by molar-refractivity contribution is -0.153. The standard InChI is InChI=1S/C41H60N6O6/c1-26(48)52-37-19-32(49)8-12-40(23-44-39(42)45-25-46-20-28-15-30(22-46)35-9-13-41(40,51)24-47(35)21-28)11-7-29-3-2-4-31-18-33(10-14-43-31)53-38-17-27(16-34(29)37)5-6-36(38)50/h5-6,17,28-35,37,43,49-51H,2-4,8-10,12-16,18-25H2,1H3,(H3,42,44,45)/t28-,29+,30+,31+,32-,33-,34+,35-,37-,40+,41-/m0/s1. The molecule has 0 amide bonds. The molecule has 4 fully saturated rings. The number of fused-ring (bicyclic) bond motifs is 9. The highest BCUT2D eigenvalue weighted by Gasteiger charge is 2.56. The number of aliphatic hydroxyl groups is 2. The van der Waals surface area contributed by atoms with Gasteiger partial charge in [-0.15, -0.1) is 0 Å². The highest BCUT2D eigenvalue weighted by atomic mass is 16.5. The summed E-state index contributed by atoms with van der Waals surface area (Å²) in [6, 6.07) is 6.23. The Bertz CT molecular complexity index is 1600. The maximum absolute atomic E-state index is 13.1. The van der Waals surface area contributed by atoms with E-state index in [-0.39, 0.29) is 42.1 Å². The Morgan fingerprint density at radius 3 is 2.87 bits per heavy atom. The van der Waals surface area contributed by atoms with Crippen LogP contribution in [0.2, 0.25) is 0 Å². The second-order valence-corrected chi connectivity index (χ2v) is 17.6. The van der Waals surface area contributed by atoms with E-state index in [2.05, 4.69) is 32.3 Å². The highest BCUT2D eigenvalue weighted by molar-refractivity contribution is 5.77. The Labute approximate surface area is 314 Å². The number of phenols is 1. The predicted octanol–water partition coefficient (Wildman–Crippen LogP) is 2.34. The average Bonchev–Trinajstić information content (AvgIpc) is 3.13.